The third-order valence-corrected chi connectivity index (χ3v) is 6.81. The molecule has 0 amide bonds. The van der Waals surface area contributed by atoms with Gasteiger partial charge in [0.2, 0.25) is 0 Å². The lowest BCUT2D eigenvalue weighted by Gasteiger charge is -2.33. The van der Waals surface area contributed by atoms with Crippen LogP contribution in [0.5, 0.6) is 0 Å². The van der Waals surface area contributed by atoms with Crippen molar-refractivity contribution in [1.82, 2.24) is 19.9 Å². The number of nitrogens with one attached hydrogen (secondary N) is 2. The molecule has 1 aromatic heterocycles. The molecule has 1 aliphatic rings. The minimum Gasteiger partial charge on any atom is -0.304 e. The fourth-order valence-corrected chi connectivity index (χ4v) is 4.86. The van der Waals surface area contributed by atoms with Crippen molar-refractivity contribution in [3.63, 3.8) is 0 Å². The quantitative estimate of drug-likeness (QED) is 0.595. The zero-order valence-corrected chi connectivity index (χ0v) is 18.5. The van der Waals surface area contributed by atoms with Crippen LogP contribution in [0.2, 0.25) is 10.0 Å². The van der Waals surface area contributed by atoms with Gasteiger partial charge in [-0.3, -0.25) is 10.1 Å². The highest BCUT2D eigenvalue weighted by Gasteiger charge is 2.23. The molecule has 2 N–H and O–H groups in total. The number of sulfonamides is 1. The molecule has 0 bridgehead atoms. The summed E-state index contributed by atoms with van der Waals surface area (Å²) in [5.41, 5.74) is 4.43. The number of rotatable bonds is 5. The number of piperazine rings is 1. The summed E-state index contributed by atoms with van der Waals surface area (Å²) in [5.74, 6) is 0.406. The summed E-state index contributed by atoms with van der Waals surface area (Å²) >= 11 is 12.1. The van der Waals surface area contributed by atoms with Gasteiger partial charge in [0.25, 0.3) is 10.0 Å². The van der Waals surface area contributed by atoms with Gasteiger partial charge in [0, 0.05) is 31.2 Å². The summed E-state index contributed by atoms with van der Waals surface area (Å²) in [6.45, 7) is 3.29. The molecule has 0 radical (unpaired) electrons. The summed E-state index contributed by atoms with van der Waals surface area (Å²) < 4.78 is 28.6. The Balaban J connectivity index is 1.72. The van der Waals surface area contributed by atoms with Crippen LogP contribution in [0.15, 0.2) is 47.4 Å². The Hall–Kier alpha value is -2.17. The van der Waals surface area contributed by atoms with Gasteiger partial charge in [0.1, 0.15) is 4.90 Å². The van der Waals surface area contributed by atoms with E-state index in [-0.39, 0.29) is 20.8 Å². The van der Waals surface area contributed by atoms with Crippen LogP contribution in [0.3, 0.4) is 0 Å². The molecule has 1 saturated heterocycles. The van der Waals surface area contributed by atoms with Crippen molar-refractivity contribution >= 4 is 55.9 Å². The Bertz CT molecular complexity index is 1180. The molecule has 1 fully saturated rings. The first-order chi connectivity index (χ1) is 14.3. The molecule has 158 valence electrons. The van der Waals surface area contributed by atoms with Gasteiger partial charge in [-0.1, -0.05) is 35.3 Å². The predicted octanol–water partition coefficient (Wildman–Crippen LogP) is 3.31. The van der Waals surface area contributed by atoms with Crippen LogP contribution in [-0.4, -0.2) is 61.5 Å². The molecule has 8 nitrogen and oxygen atoms in total. The lowest BCUT2D eigenvalue weighted by atomic mass is 10.3. The fourth-order valence-electron chi connectivity index (χ4n) is 3.08. The van der Waals surface area contributed by atoms with E-state index in [1.165, 1.54) is 18.2 Å². The second kappa shape index (κ2) is 8.52. The molecule has 0 unspecified atom stereocenters. The maximum Gasteiger partial charge on any atom is 0.264 e. The third-order valence-electron chi connectivity index (χ3n) is 4.75. The van der Waals surface area contributed by atoms with E-state index in [0.29, 0.717) is 16.9 Å². The molecule has 30 heavy (non-hydrogen) atoms. The zero-order valence-electron chi connectivity index (χ0n) is 16.1. The Labute approximate surface area is 184 Å². The highest BCUT2D eigenvalue weighted by atomic mass is 35.5. The van der Waals surface area contributed by atoms with E-state index >= 15 is 0 Å². The van der Waals surface area contributed by atoms with Crippen LogP contribution in [0.1, 0.15) is 0 Å². The van der Waals surface area contributed by atoms with Crippen LogP contribution < -0.4 is 10.1 Å². The molecule has 2 heterocycles. The van der Waals surface area contributed by atoms with Gasteiger partial charge < -0.3 is 4.90 Å². The van der Waals surface area contributed by atoms with E-state index in [2.05, 4.69) is 32.1 Å². The Morgan fingerprint density at radius 1 is 0.933 bits per heavy atom. The molecule has 3 aromatic rings. The lowest BCUT2D eigenvalue weighted by molar-refractivity contribution is 0.178. The molecule has 1 aliphatic heterocycles. The van der Waals surface area contributed by atoms with E-state index in [4.69, 9.17) is 23.2 Å². The van der Waals surface area contributed by atoms with E-state index in [0.717, 1.165) is 26.2 Å². The number of hydrazine groups is 1. The first-order valence-electron chi connectivity index (χ1n) is 9.27. The number of benzene rings is 2. The van der Waals surface area contributed by atoms with Crippen molar-refractivity contribution < 1.29 is 8.42 Å². The van der Waals surface area contributed by atoms with Gasteiger partial charge in [-0.05, 0) is 37.4 Å². The molecule has 2 aromatic carbocycles. The van der Waals surface area contributed by atoms with Gasteiger partial charge in [-0.2, -0.15) is 0 Å². The first kappa shape index (κ1) is 21.1. The minimum atomic E-state index is -4.04. The second-order valence-electron chi connectivity index (χ2n) is 6.99. The minimum absolute atomic E-state index is 0.0641. The predicted molar refractivity (Wildman–Crippen MR) is 120 cm³/mol. The number of aromatic nitrogens is 2. The number of nitrogens with zero attached hydrogens (tertiary/aromatic N) is 4. The number of hydrogen-bond donors (Lipinski definition) is 2. The molecular weight excluding hydrogens is 447 g/mol. The van der Waals surface area contributed by atoms with E-state index < -0.39 is 10.0 Å². The SMILES string of the molecule is CN1CCN(Nc2nc3ccccc3nc2NS(=O)(=O)c2cc(Cl)ccc2Cl)CC1. The largest absolute Gasteiger partial charge is 0.304 e. The van der Waals surface area contributed by atoms with Crippen LogP contribution in [0, 0.1) is 0 Å². The van der Waals surface area contributed by atoms with E-state index in [1.54, 1.807) is 6.07 Å². The van der Waals surface area contributed by atoms with Gasteiger partial charge >= 0.3 is 0 Å². The maximum atomic E-state index is 13.0. The number of halogens is 2. The van der Waals surface area contributed by atoms with E-state index in [9.17, 15) is 8.42 Å². The molecule has 0 saturated carbocycles. The number of hydrogen-bond acceptors (Lipinski definition) is 7. The van der Waals surface area contributed by atoms with Crippen molar-refractivity contribution in [2.75, 3.05) is 43.4 Å². The molecule has 0 spiro atoms. The number of anilines is 2. The molecular formula is C19H20Cl2N6O2S. The van der Waals surface area contributed by atoms with Crippen molar-refractivity contribution in [3.8, 4) is 0 Å². The Kier molecular flexibility index (Phi) is 5.99. The highest BCUT2D eigenvalue weighted by Crippen LogP contribution is 2.29. The third kappa shape index (κ3) is 4.60. The highest BCUT2D eigenvalue weighted by molar-refractivity contribution is 7.92. The van der Waals surface area contributed by atoms with Gasteiger partial charge in [-0.15, -0.1) is 0 Å². The average molecular weight is 467 g/mol. The van der Waals surface area contributed by atoms with Crippen molar-refractivity contribution in [2.24, 2.45) is 0 Å². The van der Waals surface area contributed by atoms with Crippen molar-refractivity contribution in [1.29, 1.82) is 0 Å². The number of fused-ring (bicyclic) bond motifs is 1. The van der Waals surface area contributed by atoms with Crippen LogP contribution >= 0.6 is 23.2 Å². The molecule has 4 rings (SSSR count). The maximum absolute atomic E-state index is 13.0. The fraction of sp³-hybridized carbons (Fsp3) is 0.263. The summed E-state index contributed by atoms with van der Waals surface area (Å²) in [7, 11) is -1.99. The van der Waals surface area contributed by atoms with Crippen LogP contribution in [0.4, 0.5) is 11.6 Å². The topological polar surface area (TPSA) is 90.5 Å². The standard InChI is InChI=1S/C19H20Cl2N6O2S/c1-26-8-10-27(11-9-26)24-18-19(23-16-5-3-2-4-15(16)22-18)25-30(28,29)17-12-13(20)6-7-14(17)21/h2-7,12H,8-11H2,1H3,(H,22,24)(H,23,25). The summed E-state index contributed by atoms with van der Waals surface area (Å²) in [4.78, 5) is 11.2. The summed E-state index contributed by atoms with van der Waals surface area (Å²) in [6, 6.07) is 11.5. The van der Waals surface area contributed by atoms with Gasteiger partial charge in [0.15, 0.2) is 11.6 Å². The van der Waals surface area contributed by atoms with Crippen molar-refractivity contribution in [2.45, 2.75) is 4.90 Å². The Morgan fingerprint density at radius 2 is 1.57 bits per heavy atom. The van der Waals surface area contributed by atoms with Gasteiger partial charge in [0.05, 0.1) is 16.1 Å². The average Bonchev–Trinajstić information content (AvgIpc) is 2.71. The Morgan fingerprint density at radius 3 is 2.23 bits per heavy atom. The van der Waals surface area contributed by atoms with Crippen LogP contribution in [0.25, 0.3) is 11.0 Å². The number of para-hydroxylation sites is 2. The zero-order chi connectivity index (χ0) is 21.3. The lowest BCUT2D eigenvalue weighted by Crippen LogP contribution is -2.47. The molecule has 0 aliphatic carbocycles. The monoisotopic (exact) mass is 466 g/mol. The summed E-state index contributed by atoms with van der Waals surface area (Å²) in [5, 5.41) is 2.32. The molecule has 11 heteroatoms. The molecule has 0 atom stereocenters. The summed E-state index contributed by atoms with van der Waals surface area (Å²) in [6.07, 6.45) is 0. The smallest absolute Gasteiger partial charge is 0.264 e. The number of likely N-dealkylation sites (N-methyl/N-ethyl adjacent to an activating group) is 1. The first-order valence-corrected chi connectivity index (χ1v) is 11.5. The van der Waals surface area contributed by atoms with Gasteiger partial charge in [-0.25, -0.2) is 23.4 Å². The van der Waals surface area contributed by atoms with E-state index in [1.807, 2.05) is 23.2 Å². The van der Waals surface area contributed by atoms with Crippen LogP contribution in [-0.2, 0) is 10.0 Å². The normalized spacial score (nSPS) is 16.0. The van der Waals surface area contributed by atoms with Crippen molar-refractivity contribution in [3.05, 3.63) is 52.5 Å². The second-order valence-corrected chi connectivity index (χ2v) is 9.49.